The number of amides is 2. The fourth-order valence-corrected chi connectivity index (χ4v) is 2.26. The Labute approximate surface area is 147 Å². The summed E-state index contributed by atoms with van der Waals surface area (Å²) in [4.78, 5) is 23.5. The molecule has 2 rings (SSSR count). The van der Waals surface area contributed by atoms with Gasteiger partial charge >= 0.3 is 0 Å². The zero-order valence-corrected chi connectivity index (χ0v) is 14.0. The maximum Gasteiger partial charge on any atom is 0.269 e. The van der Waals surface area contributed by atoms with Crippen LogP contribution in [0.4, 0.5) is 5.69 Å². The molecule has 0 fully saturated rings. The highest BCUT2D eigenvalue weighted by Crippen LogP contribution is 2.27. The number of hydrogen-bond donors (Lipinski definition) is 2. The Hall–Kier alpha value is -3.39. The maximum atomic E-state index is 12.0. The Kier molecular flexibility index (Phi) is 6.49. The van der Waals surface area contributed by atoms with Crippen LogP contribution in [0.15, 0.2) is 66.4 Å². The number of benzene rings is 2. The second kappa shape index (κ2) is 9.04. The molecule has 2 aromatic carbocycles. The summed E-state index contributed by atoms with van der Waals surface area (Å²) in [5.41, 5.74) is 2.56. The third-order valence-electron chi connectivity index (χ3n) is 3.48. The lowest BCUT2D eigenvalue weighted by Gasteiger charge is -2.10. The summed E-state index contributed by atoms with van der Waals surface area (Å²) in [6.07, 6.45) is 2.19. The van der Waals surface area contributed by atoms with E-state index in [1.54, 1.807) is 0 Å². The Balaban J connectivity index is 2.19. The van der Waals surface area contributed by atoms with Crippen molar-refractivity contribution in [2.75, 3.05) is 5.32 Å². The Bertz CT molecular complexity index is 820. The molecular weight excluding hydrogens is 314 g/mol. The number of nitrogens with zero attached hydrogens (tertiary/aromatic N) is 1. The van der Waals surface area contributed by atoms with E-state index in [-0.39, 0.29) is 12.0 Å². The van der Waals surface area contributed by atoms with Crippen LogP contribution in [0.1, 0.15) is 19.8 Å². The number of imide groups is 1. The van der Waals surface area contributed by atoms with Crippen molar-refractivity contribution in [1.29, 1.82) is 5.26 Å². The average Bonchev–Trinajstić information content (AvgIpc) is 2.63. The molecule has 2 amide bonds. The largest absolute Gasteiger partial charge is 0.360 e. The molecule has 5 heteroatoms. The van der Waals surface area contributed by atoms with Crippen LogP contribution in [0, 0.1) is 11.3 Å². The first-order valence-corrected chi connectivity index (χ1v) is 8.01. The van der Waals surface area contributed by atoms with Crippen molar-refractivity contribution in [3.63, 3.8) is 0 Å². The normalized spacial score (nSPS) is 10.6. The lowest BCUT2D eigenvalue weighted by atomic mass is 10.0. The van der Waals surface area contributed by atoms with E-state index in [2.05, 4.69) is 10.6 Å². The highest BCUT2D eigenvalue weighted by atomic mass is 16.2. The van der Waals surface area contributed by atoms with E-state index in [4.69, 9.17) is 0 Å². The van der Waals surface area contributed by atoms with E-state index in [9.17, 15) is 14.9 Å². The van der Waals surface area contributed by atoms with Crippen LogP contribution in [0.3, 0.4) is 0 Å². The molecular formula is C20H19N3O2. The minimum atomic E-state index is -0.703. The van der Waals surface area contributed by atoms with E-state index < -0.39 is 11.8 Å². The summed E-state index contributed by atoms with van der Waals surface area (Å²) < 4.78 is 0. The smallest absolute Gasteiger partial charge is 0.269 e. The van der Waals surface area contributed by atoms with E-state index >= 15 is 0 Å². The van der Waals surface area contributed by atoms with Gasteiger partial charge in [0.2, 0.25) is 5.91 Å². The molecule has 0 saturated heterocycles. The van der Waals surface area contributed by atoms with Gasteiger partial charge in [-0.05, 0) is 18.1 Å². The lowest BCUT2D eigenvalue weighted by molar-refractivity contribution is -0.128. The monoisotopic (exact) mass is 333 g/mol. The number of nitriles is 1. The topological polar surface area (TPSA) is 82.0 Å². The van der Waals surface area contributed by atoms with E-state index in [1.165, 1.54) is 6.20 Å². The van der Waals surface area contributed by atoms with Gasteiger partial charge in [-0.15, -0.1) is 0 Å². The van der Waals surface area contributed by atoms with Crippen molar-refractivity contribution >= 4 is 17.5 Å². The summed E-state index contributed by atoms with van der Waals surface area (Å²) in [5.74, 6) is -1.09. The Morgan fingerprint density at radius 1 is 1.08 bits per heavy atom. The molecule has 0 heterocycles. The molecule has 126 valence electrons. The van der Waals surface area contributed by atoms with Crippen molar-refractivity contribution in [3.8, 4) is 17.2 Å². The molecule has 5 nitrogen and oxygen atoms in total. The molecule has 0 unspecified atom stereocenters. The highest BCUT2D eigenvalue weighted by molar-refractivity contribution is 6.06. The van der Waals surface area contributed by atoms with Gasteiger partial charge in [0, 0.05) is 23.9 Å². The van der Waals surface area contributed by atoms with Gasteiger partial charge < -0.3 is 5.32 Å². The molecule has 0 bridgehead atoms. The molecule has 0 spiro atoms. The predicted octanol–water partition coefficient (Wildman–Crippen LogP) is 3.62. The summed E-state index contributed by atoms with van der Waals surface area (Å²) in [6, 6.07) is 19.2. The first kappa shape index (κ1) is 18.0. The number of para-hydroxylation sites is 1. The lowest BCUT2D eigenvalue weighted by Crippen LogP contribution is -2.31. The van der Waals surface area contributed by atoms with Gasteiger partial charge in [0.25, 0.3) is 5.91 Å². The van der Waals surface area contributed by atoms with Gasteiger partial charge in [0.05, 0.1) is 0 Å². The van der Waals surface area contributed by atoms with Gasteiger partial charge in [-0.1, -0.05) is 55.5 Å². The predicted molar refractivity (Wildman–Crippen MR) is 97.3 cm³/mol. The van der Waals surface area contributed by atoms with Crippen molar-refractivity contribution < 1.29 is 9.59 Å². The van der Waals surface area contributed by atoms with Gasteiger partial charge in [0.15, 0.2) is 0 Å². The SMILES string of the molecule is CCCC(=O)NC(=O)/C(C#N)=C/Nc1ccccc1-c1ccccc1. The molecule has 0 aliphatic carbocycles. The van der Waals surface area contributed by atoms with Crippen LogP contribution >= 0.6 is 0 Å². The third-order valence-corrected chi connectivity index (χ3v) is 3.48. The molecule has 0 aromatic heterocycles. The molecule has 0 aliphatic heterocycles. The maximum absolute atomic E-state index is 12.0. The molecule has 0 saturated carbocycles. The van der Waals surface area contributed by atoms with Crippen molar-refractivity contribution in [3.05, 3.63) is 66.4 Å². The Morgan fingerprint density at radius 2 is 1.76 bits per heavy atom. The molecule has 2 N–H and O–H groups in total. The minimum Gasteiger partial charge on any atom is -0.360 e. The average molecular weight is 333 g/mol. The van der Waals surface area contributed by atoms with Gasteiger partial charge in [0.1, 0.15) is 11.6 Å². The summed E-state index contributed by atoms with van der Waals surface area (Å²) in [5, 5.41) is 14.4. The Morgan fingerprint density at radius 3 is 2.44 bits per heavy atom. The number of carbonyl (C=O) groups excluding carboxylic acids is 2. The van der Waals surface area contributed by atoms with Gasteiger partial charge in [-0.25, -0.2) is 0 Å². The molecule has 0 atom stereocenters. The number of rotatable bonds is 6. The first-order valence-electron chi connectivity index (χ1n) is 8.01. The zero-order chi connectivity index (χ0) is 18.1. The number of nitrogens with one attached hydrogen (secondary N) is 2. The van der Waals surface area contributed by atoms with Gasteiger partial charge in [-0.2, -0.15) is 5.26 Å². The van der Waals surface area contributed by atoms with Gasteiger partial charge in [-0.3, -0.25) is 14.9 Å². The van der Waals surface area contributed by atoms with Crippen molar-refractivity contribution in [2.45, 2.75) is 19.8 Å². The third kappa shape index (κ3) is 5.05. The van der Waals surface area contributed by atoms with Crippen molar-refractivity contribution in [2.24, 2.45) is 0 Å². The highest BCUT2D eigenvalue weighted by Gasteiger charge is 2.12. The fraction of sp³-hybridized carbons (Fsp3) is 0.150. The van der Waals surface area contributed by atoms with E-state index in [0.29, 0.717) is 6.42 Å². The zero-order valence-electron chi connectivity index (χ0n) is 14.0. The second-order valence-electron chi connectivity index (χ2n) is 5.35. The van der Waals surface area contributed by atoms with Crippen LogP contribution in [0.2, 0.25) is 0 Å². The van der Waals surface area contributed by atoms with Crippen LogP contribution in [-0.2, 0) is 9.59 Å². The minimum absolute atomic E-state index is 0.160. The first-order chi connectivity index (χ1) is 12.2. The molecule has 0 radical (unpaired) electrons. The molecule has 25 heavy (non-hydrogen) atoms. The fourth-order valence-electron chi connectivity index (χ4n) is 2.26. The standard InChI is InChI=1S/C20H19N3O2/c1-2-8-19(24)23-20(25)16(13-21)14-22-18-12-7-6-11-17(18)15-9-4-3-5-10-15/h3-7,9-12,14,22H,2,8H2,1H3,(H,23,24,25)/b16-14+. The molecule has 2 aromatic rings. The van der Waals surface area contributed by atoms with Crippen LogP contribution < -0.4 is 10.6 Å². The van der Waals surface area contributed by atoms with E-state index in [0.717, 1.165) is 16.8 Å². The number of carbonyl (C=O) groups is 2. The quantitative estimate of drug-likeness (QED) is 0.625. The number of hydrogen-bond acceptors (Lipinski definition) is 4. The van der Waals surface area contributed by atoms with Crippen LogP contribution in [0.5, 0.6) is 0 Å². The summed E-state index contributed by atoms with van der Waals surface area (Å²) in [7, 11) is 0. The second-order valence-corrected chi connectivity index (χ2v) is 5.35. The van der Waals surface area contributed by atoms with Crippen molar-refractivity contribution in [1.82, 2.24) is 5.32 Å². The van der Waals surface area contributed by atoms with Crippen LogP contribution in [-0.4, -0.2) is 11.8 Å². The summed E-state index contributed by atoms with van der Waals surface area (Å²) in [6.45, 7) is 1.84. The number of anilines is 1. The van der Waals surface area contributed by atoms with Crippen LogP contribution in [0.25, 0.3) is 11.1 Å². The molecule has 0 aliphatic rings. The summed E-state index contributed by atoms with van der Waals surface area (Å²) >= 11 is 0. The van der Waals surface area contributed by atoms with E-state index in [1.807, 2.05) is 67.6 Å².